The van der Waals surface area contributed by atoms with Crippen molar-refractivity contribution in [3.05, 3.63) is 29.8 Å². The Labute approximate surface area is 116 Å². The van der Waals surface area contributed by atoms with Gasteiger partial charge in [0.25, 0.3) is 0 Å². The Hall–Kier alpha value is -1.10. The van der Waals surface area contributed by atoms with Gasteiger partial charge in [-0.05, 0) is 26.5 Å². The summed E-state index contributed by atoms with van der Waals surface area (Å²) in [6, 6.07) is 7.96. The Balaban J connectivity index is 3.08. The van der Waals surface area contributed by atoms with Crippen molar-refractivity contribution in [1.82, 2.24) is 4.90 Å². The van der Waals surface area contributed by atoms with E-state index in [1.54, 1.807) is 14.0 Å². The number of para-hydroxylation sites is 1. The third-order valence-corrected chi connectivity index (χ3v) is 3.36. The van der Waals surface area contributed by atoms with Crippen LogP contribution in [0.25, 0.3) is 0 Å². The summed E-state index contributed by atoms with van der Waals surface area (Å²) in [5, 5.41) is 9.59. The van der Waals surface area contributed by atoms with Gasteiger partial charge >= 0.3 is 0 Å². The molecule has 0 amide bonds. The molecule has 1 rings (SSSR count). The van der Waals surface area contributed by atoms with E-state index in [9.17, 15) is 5.11 Å². The lowest BCUT2D eigenvalue weighted by Gasteiger charge is -2.34. The molecule has 0 radical (unpaired) electrons. The predicted octanol–water partition coefficient (Wildman–Crippen LogP) is 1.79. The summed E-state index contributed by atoms with van der Waals surface area (Å²) in [5.41, 5.74) is 7.34. The van der Waals surface area contributed by atoms with Crippen LogP contribution in [0.4, 0.5) is 0 Å². The number of nitrogens with two attached hydrogens (primary N) is 1. The standard InChI is InChI=1S/C15H26N2O2/c1-5-13(16)15(17(3)10-11(2)18)12-8-6-7-9-14(12)19-4/h6-9,11,13,15,18H,5,10,16H2,1-4H3. The van der Waals surface area contributed by atoms with Gasteiger partial charge in [-0.2, -0.15) is 0 Å². The zero-order valence-corrected chi connectivity index (χ0v) is 12.3. The van der Waals surface area contributed by atoms with E-state index in [2.05, 4.69) is 11.8 Å². The summed E-state index contributed by atoms with van der Waals surface area (Å²) < 4.78 is 5.43. The second-order valence-corrected chi connectivity index (χ2v) is 5.05. The fourth-order valence-corrected chi connectivity index (χ4v) is 2.46. The topological polar surface area (TPSA) is 58.7 Å². The van der Waals surface area contributed by atoms with Gasteiger partial charge in [0.2, 0.25) is 0 Å². The molecule has 0 aliphatic heterocycles. The number of hydrogen-bond donors (Lipinski definition) is 2. The van der Waals surface area contributed by atoms with Crippen LogP contribution in [-0.4, -0.2) is 42.9 Å². The van der Waals surface area contributed by atoms with Crippen LogP contribution in [0, 0.1) is 0 Å². The van der Waals surface area contributed by atoms with Gasteiger partial charge in [0.15, 0.2) is 0 Å². The molecular formula is C15H26N2O2. The zero-order chi connectivity index (χ0) is 14.4. The Morgan fingerprint density at radius 3 is 2.53 bits per heavy atom. The number of aliphatic hydroxyl groups is 1. The van der Waals surface area contributed by atoms with Gasteiger partial charge in [0.1, 0.15) is 5.75 Å². The molecule has 1 aromatic carbocycles. The number of nitrogens with zero attached hydrogens (tertiary/aromatic N) is 1. The van der Waals surface area contributed by atoms with Crippen LogP contribution in [-0.2, 0) is 0 Å². The predicted molar refractivity (Wildman–Crippen MR) is 78.3 cm³/mol. The second kappa shape index (κ2) is 7.48. The van der Waals surface area contributed by atoms with Crippen LogP contribution in [0.15, 0.2) is 24.3 Å². The number of benzene rings is 1. The monoisotopic (exact) mass is 266 g/mol. The first-order chi connectivity index (χ1) is 9.01. The van der Waals surface area contributed by atoms with Gasteiger partial charge in [-0.15, -0.1) is 0 Å². The van der Waals surface area contributed by atoms with E-state index >= 15 is 0 Å². The van der Waals surface area contributed by atoms with Crippen molar-refractivity contribution in [3.63, 3.8) is 0 Å². The Morgan fingerprint density at radius 2 is 2.00 bits per heavy atom. The van der Waals surface area contributed by atoms with Gasteiger partial charge in [-0.25, -0.2) is 0 Å². The fourth-order valence-electron chi connectivity index (χ4n) is 2.46. The lowest BCUT2D eigenvalue weighted by Crippen LogP contribution is -2.41. The molecule has 19 heavy (non-hydrogen) atoms. The molecule has 3 N–H and O–H groups in total. The van der Waals surface area contributed by atoms with Gasteiger partial charge in [0, 0.05) is 18.2 Å². The molecule has 1 aromatic rings. The van der Waals surface area contributed by atoms with Crippen LogP contribution < -0.4 is 10.5 Å². The van der Waals surface area contributed by atoms with Crippen LogP contribution in [0.3, 0.4) is 0 Å². The highest BCUT2D eigenvalue weighted by Gasteiger charge is 2.26. The Bertz CT molecular complexity index is 382. The molecule has 0 spiro atoms. The first-order valence-corrected chi connectivity index (χ1v) is 6.78. The van der Waals surface area contributed by atoms with Crippen LogP contribution in [0.1, 0.15) is 31.9 Å². The molecule has 0 aromatic heterocycles. The summed E-state index contributed by atoms with van der Waals surface area (Å²) in [6.07, 6.45) is 0.485. The summed E-state index contributed by atoms with van der Waals surface area (Å²) >= 11 is 0. The number of aliphatic hydroxyl groups excluding tert-OH is 1. The number of ether oxygens (including phenoxy) is 1. The molecule has 0 aliphatic rings. The van der Waals surface area contributed by atoms with Crippen molar-refractivity contribution in [2.24, 2.45) is 5.73 Å². The molecule has 0 saturated heterocycles. The molecule has 4 nitrogen and oxygen atoms in total. The Morgan fingerprint density at radius 1 is 1.37 bits per heavy atom. The maximum absolute atomic E-state index is 9.59. The third-order valence-electron chi connectivity index (χ3n) is 3.36. The van der Waals surface area contributed by atoms with Crippen molar-refractivity contribution in [2.75, 3.05) is 20.7 Å². The average molecular weight is 266 g/mol. The van der Waals surface area contributed by atoms with Gasteiger partial charge in [-0.1, -0.05) is 25.1 Å². The molecular weight excluding hydrogens is 240 g/mol. The number of likely N-dealkylation sites (N-methyl/N-ethyl adjacent to an activating group) is 1. The summed E-state index contributed by atoms with van der Waals surface area (Å²) in [7, 11) is 3.65. The van der Waals surface area contributed by atoms with E-state index in [0.29, 0.717) is 6.54 Å². The van der Waals surface area contributed by atoms with Crippen molar-refractivity contribution in [3.8, 4) is 5.75 Å². The van der Waals surface area contributed by atoms with Gasteiger partial charge in [-0.3, -0.25) is 4.90 Å². The Kier molecular flexibility index (Phi) is 6.28. The molecule has 0 heterocycles. The highest BCUT2D eigenvalue weighted by molar-refractivity contribution is 5.36. The summed E-state index contributed by atoms with van der Waals surface area (Å²) in [5.74, 6) is 0.842. The molecule has 108 valence electrons. The second-order valence-electron chi connectivity index (χ2n) is 5.05. The first kappa shape index (κ1) is 16.0. The fraction of sp³-hybridized carbons (Fsp3) is 0.600. The molecule has 0 aliphatic carbocycles. The van der Waals surface area contributed by atoms with E-state index in [-0.39, 0.29) is 18.2 Å². The SMILES string of the molecule is CCC(N)C(c1ccccc1OC)N(C)CC(C)O. The largest absolute Gasteiger partial charge is 0.496 e. The van der Waals surface area contributed by atoms with E-state index in [0.717, 1.165) is 17.7 Å². The van der Waals surface area contributed by atoms with Gasteiger partial charge < -0.3 is 15.6 Å². The minimum atomic E-state index is -0.383. The average Bonchev–Trinajstić information content (AvgIpc) is 2.38. The van der Waals surface area contributed by atoms with Crippen molar-refractivity contribution in [2.45, 2.75) is 38.5 Å². The van der Waals surface area contributed by atoms with E-state index < -0.39 is 0 Å². The van der Waals surface area contributed by atoms with E-state index in [1.807, 2.05) is 31.3 Å². The van der Waals surface area contributed by atoms with Crippen LogP contribution >= 0.6 is 0 Å². The molecule has 3 atom stereocenters. The number of hydrogen-bond acceptors (Lipinski definition) is 4. The van der Waals surface area contributed by atoms with Crippen LogP contribution in [0.2, 0.25) is 0 Å². The van der Waals surface area contributed by atoms with E-state index in [1.165, 1.54) is 0 Å². The zero-order valence-electron chi connectivity index (χ0n) is 12.3. The third kappa shape index (κ3) is 4.20. The maximum Gasteiger partial charge on any atom is 0.123 e. The molecule has 0 saturated carbocycles. The minimum Gasteiger partial charge on any atom is -0.496 e. The van der Waals surface area contributed by atoms with Crippen molar-refractivity contribution < 1.29 is 9.84 Å². The van der Waals surface area contributed by atoms with E-state index in [4.69, 9.17) is 10.5 Å². The molecule has 3 unspecified atom stereocenters. The highest BCUT2D eigenvalue weighted by atomic mass is 16.5. The summed E-state index contributed by atoms with van der Waals surface area (Å²) in [4.78, 5) is 2.09. The van der Waals surface area contributed by atoms with Crippen LogP contribution in [0.5, 0.6) is 5.75 Å². The first-order valence-electron chi connectivity index (χ1n) is 6.78. The maximum atomic E-state index is 9.59. The van der Waals surface area contributed by atoms with Gasteiger partial charge in [0.05, 0.1) is 19.3 Å². The normalized spacial score (nSPS) is 16.2. The highest BCUT2D eigenvalue weighted by Crippen LogP contribution is 2.31. The number of rotatable bonds is 7. The van der Waals surface area contributed by atoms with Crippen molar-refractivity contribution >= 4 is 0 Å². The quantitative estimate of drug-likeness (QED) is 0.790. The molecule has 4 heteroatoms. The minimum absolute atomic E-state index is 0.0000463. The lowest BCUT2D eigenvalue weighted by atomic mass is 9.95. The lowest BCUT2D eigenvalue weighted by molar-refractivity contribution is 0.106. The smallest absolute Gasteiger partial charge is 0.123 e. The molecule has 0 bridgehead atoms. The number of methoxy groups -OCH3 is 1. The molecule has 0 fully saturated rings. The van der Waals surface area contributed by atoms with Crippen molar-refractivity contribution in [1.29, 1.82) is 0 Å². The summed E-state index contributed by atoms with van der Waals surface area (Å²) in [6.45, 7) is 4.44.